The van der Waals surface area contributed by atoms with Crippen molar-refractivity contribution < 1.29 is 14.6 Å². The lowest BCUT2D eigenvalue weighted by molar-refractivity contribution is -0.131. The summed E-state index contributed by atoms with van der Waals surface area (Å²) < 4.78 is 4.36. The van der Waals surface area contributed by atoms with E-state index < -0.39 is 0 Å². The first-order valence-corrected chi connectivity index (χ1v) is 4.64. The lowest BCUT2D eigenvalue weighted by atomic mass is 10.1. The Bertz CT molecular complexity index is 122. The summed E-state index contributed by atoms with van der Waals surface area (Å²) in [6.07, 6.45) is 1.86. The molecule has 2 N–H and O–H groups in total. The second-order valence-electron chi connectivity index (χ2n) is 3.26. The molecule has 78 valence electrons. The van der Waals surface area contributed by atoms with E-state index in [4.69, 9.17) is 5.11 Å². The van der Waals surface area contributed by atoms with Crippen LogP contribution in [-0.4, -0.2) is 36.9 Å². The Morgan fingerprint density at radius 1 is 1.46 bits per heavy atom. The molecule has 0 unspecified atom stereocenters. The molecule has 0 aromatic carbocycles. The first kappa shape index (κ1) is 12.4. The van der Waals surface area contributed by atoms with Gasteiger partial charge in [-0.2, -0.15) is 0 Å². The fourth-order valence-electron chi connectivity index (χ4n) is 0.918. The van der Waals surface area contributed by atoms with Crippen molar-refractivity contribution in [1.29, 1.82) is 0 Å². The summed E-state index contributed by atoms with van der Waals surface area (Å²) in [5, 5.41) is 12.0. The Labute approximate surface area is 79.3 Å². The van der Waals surface area contributed by atoms with Gasteiger partial charge in [-0.15, -0.1) is 0 Å². The SMILES string of the molecule is CC(C)OC=O.OC1CCNCC1. The third kappa shape index (κ3) is 9.30. The van der Waals surface area contributed by atoms with Gasteiger partial charge in [0.1, 0.15) is 0 Å². The van der Waals surface area contributed by atoms with Gasteiger partial charge in [-0.25, -0.2) is 0 Å². The van der Waals surface area contributed by atoms with Gasteiger partial charge in [0.25, 0.3) is 6.47 Å². The number of carbonyl (C=O) groups excluding carboxylic acids is 1. The van der Waals surface area contributed by atoms with E-state index in [1.807, 2.05) is 0 Å². The number of aliphatic hydroxyl groups excluding tert-OH is 1. The van der Waals surface area contributed by atoms with Crippen molar-refractivity contribution in [2.45, 2.75) is 38.9 Å². The van der Waals surface area contributed by atoms with E-state index in [-0.39, 0.29) is 12.2 Å². The molecule has 0 bridgehead atoms. The molecule has 1 aliphatic rings. The highest BCUT2D eigenvalue weighted by molar-refractivity contribution is 5.37. The Morgan fingerprint density at radius 3 is 2.15 bits per heavy atom. The molecular formula is C9H19NO3. The van der Waals surface area contributed by atoms with Crippen LogP contribution in [0.4, 0.5) is 0 Å². The first-order chi connectivity index (χ1) is 6.16. The molecule has 1 saturated heterocycles. The minimum absolute atomic E-state index is 0.0266. The molecule has 0 amide bonds. The van der Waals surface area contributed by atoms with Gasteiger partial charge in [-0.1, -0.05) is 0 Å². The maximum absolute atomic E-state index is 9.39. The van der Waals surface area contributed by atoms with E-state index >= 15 is 0 Å². The minimum atomic E-state index is -0.0266. The Hall–Kier alpha value is -0.610. The fourth-order valence-corrected chi connectivity index (χ4v) is 0.918. The number of piperidine rings is 1. The van der Waals surface area contributed by atoms with Crippen LogP contribution in [0.25, 0.3) is 0 Å². The summed E-state index contributed by atoms with van der Waals surface area (Å²) in [5.74, 6) is 0. The molecule has 0 aromatic heterocycles. The summed E-state index contributed by atoms with van der Waals surface area (Å²) >= 11 is 0. The van der Waals surface area contributed by atoms with Crippen LogP contribution >= 0.6 is 0 Å². The molecule has 1 rings (SSSR count). The van der Waals surface area contributed by atoms with Gasteiger partial charge in [-0.3, -0.25) is 4.79 Å². The third-order valence-corrected chi connectivity index (χ3v) is 1.64. The van der Waals surface area contributed by atoms with E-state index in [0.29, 0.717) is 6.47 Å². The van der Waals surface area contributed by atoms with Crippen LogP contribution in [0.3, 0.4) is 0 Å². The molecule has 0 saturated carbocycles. The standard InChI is InChI=1S/C5H11NO.C4H8O2/c7-5-1-3-6-4-2-5;1-4(2)6-3-5/h5-7H,1-4H2;3-4H,1-2H3. The maximum atomic E-state index is 9.39. The lowest BCUT2D eigenvalue weighted by Gasteiger charge is -2.16. The van der Waals surface area contributed by atoms with Gasteiger partial charge in [0.15, 0.2) is 0 Å². The molecule has 1 fully saturated rings. The molecule has 0 aromatic rings. The number of ether oxygens (including phenoxy) is 1. The highest BCUT2D eigenvalue weighted by Crippen LogP contribution is 1.99. The van der Waals surface area contributed by atoms with Crippen molar-refractivity contribution in [2.24, 2.45) is 0 Å². The molecule has 0 atom stereocenters. The van der Waals surface area contributed by atoms with Crippen molar-refractivity contribution in [1.82, 2.24) is 5.32 Å². The molecule has 4 nitrogen and oxygen atoms in total. The maximum Gasteiger partial charge on any atom is 0.293 e. The molecule has 13 heavy (non-hydrogen) atoms. The molecule has 1 aliphatic heterocycles. The first-order valence-electron chi connectivity index (χ1n) is 4.64. The van der Waals surface area contributed by atoms with Gasteiger partial charge < -0.3 is 15.2 Å². The lowest BCUT2D eigenvalue weighted by Crippen LogP contribution is -2.30. The van der Waals surface area contributed by atoms with E-state index in [1.54, 1.807) is 13.8 Å². The van der Waals surface area contributed by atoms with E-state index in [9.17, 15) is 4.79 Å². The number of nitrogens with one attached hydrogen (secondary N) is 1. The molecule has 1 heterocycles. The highest BCUT2D eigenvalue weighted by Gasteiger charge is 2.06. The Kier molecular flexibility index (Phi) is 7.63. The summed E-state index contributed by atoms with van der Waals surface area (Å²) in [5.41, 5.74) is 0. The van der Waals surface area contributed by atoms with Crippen molar-refractivity contribution in [3.63, 3.8) is 0 Å². The molecule has 0 radical (unpaired) electrons. The van der Waals surface area contributed by atoms with Crippen molar-refractivity contribution in [3.8, 4) is 0 Å². The van der Waals surface area contributed by atoms with E-state index in [2.05, 4.69) is 10.1 Å². The normalized spacial score (nSPS) is 17.5. The predicted octanol–water partition coefficient (Wildman–Crippen LogP) is 0.298. The van der Waals surface area contributed by atoms with Crippen molar-refractivity contribution in [3.05, 3.63) is 0 Å². The number of hydrogen-bond donors (Lipinski definition) is 2. The molecule has 0 aliphatic carbocycles. The van der Waals surface area contributed by atoms with Crippen LogP contribution in [0.5, 0.6) is 0 Å². The van der Waals surface area contributed by atoms with E-state index in [0.717, 1.165) is 25.9 Å². The van der Waals surface area contributed by atoms with Gasteiger partial charge in [-0.05, 0) is 39.8 Å². The number of carbonyl (C=O) groups is 1. The van der Waals surface area contributed by atoms with Crippen molar-refractivity contribution >= 4 is 6.47 Å². The summed E-state index contributed by atoms with van der Waals surface area (Å²) in [6.45, 7) is 6.02. The van der Waals surface area contributed by atoms with Crippen LogP contribution in [0.15, 0.2) is 0 Å². The molecular weight excluding hydrogens is 170 g/mol. The second kappa shape index (κ2) is 8.01. The van der Waals surface area contributed by atoms with Crippen LogP contribution in [-0.2, 0) is 9.53 Å². The Morgan fingerprint density at radius 2 is 2.00 bits per heavy atom. The quantitative estimate of drug-likeness (QED) is 0.613. The topological polar surface area (TPSA) is 58.6 Å². The van der Waals surface area contributed by atoms with Crippen LogP contribution < -0.4 is 5.32 Å². The van der Waals surface area contributed by atoms with E-state index in [1.165, 1.54) is 0 Å². The largest absolute Gasteiger partial charge is 0.465 e. The van der Waals surface area contributed by atoms with Gasteiger partial charge >= 0.3 is 0 Å². The van der Waals surface area contributed by atoms with Gasteiger partial charge in [0.05, 0.1) is 12.2 Å². The number of hydrogen-bond acceptors (Lipinski definition) is 4. The fraction of sp³-hybridized carbons (Fsp3) is 0.889. The summed E-state index contributed by atoms with van der Waals surface area (Å²) in [6, 6.07) is 0. The smallest absolute Gasteiger partial charge is 0.293 e. The number of aliphatic hydroxyl groups is 1. The summed E-state index contributed by atoms with van der Waals surface area (Å²) in [4.78, 5) is 9.39. The summed E-state index contributed by atoms with van der Waals surface area (Å²) in [7, 11) is 0. The Balaban J connectivity index is 0.000000226. The molecule has 4 heteroatoms. The molecule has 0 spiro atoms. The van der Waals surface area contributed by atoms with Crippen molar-refractivity contribution in [2.75, 3.05) is 13.1 Å². The average Bonchev–Trinajstić information content (AvgIpc) is 2.06. The van der Waals surface area contributed by atoms with Crippen LogP contribution in [0, 0.1) is 0 Å². The zero-order valence-corrected chi connectivity index (χ0v) is 8.32. The van der Waals surface area contributed by atoms with Crippen LogP contribution in [0.2, 0.25) is 0 Å². The highest BCUT2D eigenvalue weighted by atomic mass is 16.5. The zero-order chi connectivity index (χ0) is 10.1. The van der Waals surface area contributed by atoms with Gasteiger partial charge in [0, 0.05) is 0 Å². The van der Waals surface area contributed by atoms with Crippen LogP contribution in [0.1, 0.15) is 26.7 Å². The second-order valence-corrected chi connectivity index (χ2v) is 3.26. The zero-order valence-electron chi connectivity index (χ0n) is 8.32. The average molecular weight is 189 g/mol. The predicted molar refractivity (Wildman–Crippen MR) is 50.4 cm³/mol. The van der Waals surface area contributed by atoms with Gasteiger partial charge in [0.2, 0.25) is 0 Å². The third-order valence-electron chi connectivity index (χ3n) is 1.64. The number of rotatable bonds is 2. The minimum Gasteiger partial charge on any atom is -0.465 e. The monoisotopic (exact) mass is 189 g/mol.